The second-order valence-electron chi connectivity index (χ2n) is 10.8. The summed E-state index contributed by atoms with van der Waals surface area (Å²) in [5.41, 5.74) is 9.40. The highest BCUT2D eigenvalue weighted by Gasteiger charge is 2.22. The van der Waals surface area contributed by atoms with Crippen molar-refractivity contribution in [2.75, 3.05) is 0 Å². The molecule has 0 aliphatic rings. The van der Waals surface area contributed by atoms with E-state index in [0.717, 1.165) is 11.2 Å². The zero-order chi connectivity index (χ0) is 26.9. The second-order valence-corrected chi connectivity index (χ2v) is 10.8. The predicted octanol–water partition coefficient (Wildman–Crippen LogP) is 11.5. The van der Waals surface area contributed by atoms with E-state index in [9.17, 15) is 0 Å². The molecule has 8 aromatic carbocycles. The maximum atomic E-state index is 6.31. The first kappa shape index (κ1) is 22.4. The Morgan fingerprint density at radius 3 is 1.54 bits per heavy atom. The average molecular weight is 521 g/mol. The maximum Gasteiger partial charge on any atom is 0.136 e. The molecule has 0 fully saturated rings. The highest BCUT2D eigenvalue weighted by atomic mass is 16.3. The molecule has 0 spiro atoms. The van der Waals surface area contributed by atoms with Crippen LogP contribution in [0.25, 0.3) is 87.6 Å². The number of hydrogen-bond acceptors (Lipinski definition) is 1. The van der Waals surface area contributed by atoms with Crippen LogP contribution in [0, 0.1) is 0 Å². The van der Waals surface area contributed by atoms with E-state index in [4.69, 9.17) is 4.42 Å². The summed E-state index contributed by atoms with van der Waals surface area (Å²) >= 11 is 0. The van der Waals surface area contributed by atoms with Gasteiger partial charge < -0.3 is 4.42 Å². The molecule has 0 unspecified atom stereocenters. The summed E-state index contributed by atoms with van der Waals surface area (Å²) < 4.78 is 6.31. The first-order chi connectivity index (χ1) is 20.4. The molecule has 0 bridgehead atoms. The van der Waals surface area contributed by atoms with Gasteiger partial charge in [0.25, 0.3) is 0 Å². The fourth-order valence-electron chi connectivity index (χ4n) is 6.96. The second kappa shape index (κ2) is 8.55. The lowest BCUT2D eigenvalue weighted by atomic mass is 9.82. The molecule has 0 saturated carbocycles. The van der Waals surface area contributed by atoms with Gasteiger partial charge in [-0.1, -0.05) is 127 Å². The number of hydrogen-bond donors (Lipinski definition) is 0. The fourth-order valence-corrected chi connectivity index (χ4v) is 6.96. The van der Waals surface area contributed by atoms with Crippen molar-refractivity contribution in [1.82, 2.24) is 0 Å². The lowest BCUT2D eigenvalue weighted by Gasteiger charge is -2.20. The minimum atomic E-state index is 0.942. The van der Waals surface area contributed by atoms with Crippen LogP contribution in [-0.4, -0.2) is 0 Å². The van der Waals surface area contributed by atoms with Crippen molar-refractivity contribution in [3.63, 3.8) is 0 Å². The largest absolute Gasteiger partial charge is 0.456 e. The van der Waals surface area contributed by atoms with Crippen molar-refractivity contribution in [2.45, 2.75) is 0 Å². The van der Waals surface area contributed by atoms with Gasteiger partial charge in [-0.05, 0) is 83.9 Å². The lowest BCUT2D eigenvalue weighted by molar-refractivity contribution is 0.669. The van der Waals surface area contributed by atoms with Crippen LogP contribution in [0.1, 0.15) is 0 Å². The third-order valence-electron chi connectivity index (χ3n) is 8.63. The summed E-state index contributed by atoms with van der Waals surface area (Å²) in [4.78, 5) is 0. The third kappa shape index (κ3) is 3.18. The van der Waals surface area contributed by atoms with Crippen molar-refractivity contribution < 1.29 is 4.42 Å². The summed E-state index contributed by atoms with van der Waals surface area (Å²) in [6.07, 6.45) is 0. The van der Waals surface area contributed by atoms with Gasteiger partial charge in [0.15, 0.2) is 0 Å². The van der Waals surface area contributed by atoms with Gasteiger partial charge in [0, 0.05) is 10.8 Å². The van der Waals surface area contributed by atoms with Gasteiger partial charge in [-0.25, -0.2) is 0 Å². The van der Waals surface area contributed by atoms with Crippen LogP contribution >= 0.6 is 0 Å². The molecule has 190 valence electrons. The normalized spacial score (nSPS) is 11.9. The summed E-state index contributed by atoms with van der Waals surface area (Å²) in [5, 5.41) is 9.89. The summed E-state index contributed by atoms with van der Waals surface area (Å²) in [6, 6.07) is 52.6. The molecule has 0 aliphatic carbocycles. The predicted molar refractivity (Wildman–Crippen MR) is 174 cm³/mol. The first-order valence-corrected chi connectivity index (χ1v) is 14.1. The Bertz CT molecular complexity index is 2350. The number of benzene rings is 8. The van der Waals surface area contributed by atoms with E-state index in [0.29, 0.717) is 0 Å². The summed E-state index contributed by atoms with van der Waals surface area (Å²) in [6.45, 7) is 0. The van der Waals surface area contributed by atoms with Crippen LogP contribution in [-0.2, 0) is 0 Å². The number of rotatable bonds is 3. The van der Waals surface area contributed by atoms with E-state index in [-0.39, 0.29) is 0 Å². The molecule has 0 saturated heterocycles. The molecule has 9 aromatic rings. The molecule has 1 nitrogen and oxygen atoms in total. The molecule has 1 heterocycles. The Kier molecular flexibility index (Phi) is 4.67. The highest BCUT2D eigenvalue weighted by Crippen LogP contribution is 2.49. The quantitative estimate of drug-likeness (QED) is 0.167. The molecular weight excluding hydrogens is 496 g/mol. The monoisotopic (exact) mass is 520 g/mol. The van der Waals surface area contributed by atoms with Gasteiger partial charge >= 0.3 is 0 Å². The molecule has 1 heteroatoms. The van der Waals surface area contributed by atoms with Crippen LogP contribution in [0.4, 0.5) is 0 Å². The average Bonchev–Trinajstić information content (AvgIpc) is 3.43. The van der Waals surface area contributed by atoms with Gasteiger partial charge in [0.1, 0.15) is 11.2 Å². The number of fused-ring (bicyclic) bond motifs is 2. The SMILES string of the molecule is c1ccc(-c2ccccc2-c2c3ccccc3c(-c3cc4cccc5oc6cccc3c6c45)c3ccccc23)cc1. The summed E-state index contributed by atoms with van der Waals surface area (Å²) in [7, 11) is 0. The Labute approximate surface area is 237 Å². The fraction of sp³-hybridized carbons (Fsp3) is 0. The Morgan fingerprint density at radius 1 is 0.341 bits per heavy atom. The van der Waals surface area contributed by atoms with Crippen LogP contribution in [0.2, 0.25) is 0 Å². The van der Waals surface area contributed by atoms with Gasteiger partial charge in [-0.3, -0.25) is 0 Å². The Balaban J connectivity index is 1.46. The van der Waals surface area contributed by atoms with Crippen LogP contribution in [0.15, 0.2) is 150 Å². The lowest BCUT2D eigenvalue weighted by Crippen LogP contribution is -1.93. The van der Waals surface area contributed by atoms with Crippen molar-refractivity contribution in [3.8, 4) is 33.4 Å². The van der Waals surface area contributed by atoms with Crippen molar-refractivity contribution in [2.24, 2.45) is 0 Å². The van der Waals surface area contributed by atoms with Crippen LogP contribution in [0.5, 0.6) is 0 Å². The molecule has 0 radical (unpaired) electrons. The molecule has 0 N–H and O–H groups in total. The molecule has 41 heavy (non-hydrogen) atoms. The van der Waals surface area contributed by atoms with E-state index in [1.54, 1.807) is 0 Å². The van der Waals surface area contributed by atoms with E-state index in [2.05, 4.69) is 146 Å². The summed E-state index contributed by atoms with van der Waals surface area (Å²) in [5.74, 6) is 0. The van der Waals surface area contributed by atoms with Crippen LogP contribution in [0.3, 0.4) is 0 Å². The van der Waals surface area contributed by atoms with Gasteiger partial charge in [-0.15, -0.1) is 0 Å². The third-order valence-corrected chi connectivity index (χ3v) is 8.63. The minimum absolute atomic E-state index is 0.942. The van der Waals surface area contributed by atoms with E-state index in [1.807, 2.05) is 0 Å². The van der Waals surface area contributed by atoms with Crippen molar-refractivity contribution >= 4 is 54.3 Å². The topological polar surface area (TPSA) is 13.1 Å². The zero-order valence-corrected chi connectivity index (χ0v) is 22.3. The Hall–Kier alpha value is -5.40. The Morgan fingerprint density at radius 2 is 0.854 bits per heavy atom. The molecule has 1 aromatic heterocycles. The van der Waals surface area contributed by atoms with Crippen LogP contribution < -0.4 is 0 Å². The van der Waals surface area contributed by atoms with Gasteiger partial charge in [-0.2, -0.15) is 0 Å². The van der Waals surface area contributed by atoms with Crippen molar-refractivity contribution in [1.29, 1.82) is 0 Å². The molecule has 0 atom stereocenters. The first-order valence-electron chi connectivity index (χ1n) is 14.1. The van der Waals surface area contributed by atoms with E-state index in [1.165, 1.54) is 76.5 Å². The molecule has 0 amide bonds. The highest BCUT2D eigenvalue weighted by molar-refractivity contribution is 6.30. The van der Waals surface area contributed by atoms with E-state index >= 15 is 0 Å². The molecule has 0 aliphatic heterocycles. The maximum absolute atomic E-state index is 6.31. The number of furan rings is 1. The minimum Gasteiger partial charge on any atom is -0.456 e. The van der Waals surface area contributed by atoms with Crippen molar-refractivity contribution in [3.05, 3.63) is 146 Å². The zero-order valence-electron chi connectivity index (χ0n) is 22.3. The van der Waals surface area contributed by atoms with E-state index < -0.39 is 0 Å². The molecule has 9 rings (SSSR count). The smallest absolute Gasteiger partial charge is 0.136 e. The molecular formula is C40H24O. The van der Waals surface area contributed by atoms with Gasteiger partial charge in [0.2, 0.25) is 0 Å². The van der Waals surface area contributed by atoms with Gasteiger partial charge in [0.05, 0.1) is 0 Å². The standard InChI is InChI=1S/C40H24O/c1-2-12-25(13-3-1)27-15-4-5-16-28(27)38-29-17-6-8-19-31(29)39(32-20-9-7-18-30(32)38)34-24-26-14-10-22-35-37(26)40-33(34)21-11-23-36(40)41-35/h1-24H.